The molecule has 88 valence electrons. The summed E-state index contributed by atoms with van der Waals surface area (Å²) in [4.78, 5) is 14.5. The van der Waals surface area contributed by atoms with Gasteiger partial charge in [-0.15, -0.1) is 0 Å². The predicted octanol–water partition coefficient (Wildman–Crippen LogP) is 3.21. The molecule has 4 nitrogen and oxygen atoms in total. The van der Waals surface area contributed by atoms with E-state index >= 15 is 0 Å². The minimum atomic E-state index is 0.287. The highest BCUT2D eigenvalue weighted by Gasteiger charge is 2.06. The summed E-state index contributed by atoms with van der Waals surface area (Å²) < 4.78 is 5.50. The maximum atomic E-state index is 10.6. The van der Waals surface area contributed by atoms with Gasteiger partial charge in [0.2, 0.25) is 0 Å². The van der Waals surface area contributed by atoms with E-state index in [9.17, 15) is 4.79 Å². The predicted molar refractivity (Wildman–Crippen MR) is 65.9 cm³/mol. The third-order valence-corrected chi connectivity index (χ3v) is 2.41. The summed E-state index contributed by atoms with van der Waals surface area (Å²) in [7, 11) is 0. The van der Waals surface area contributed by atoms with E-state index in [4.69, 9.17) is 21.6 Å². The molecule has 0 amide bonds. The largest absolute Gasteiger partial charge is 0.454 e. The van der Waals surface area contributed by atoms with Gasteiger partial charge in [-0.05, 0) is 30.3 Å². The number of hydrogen-bond acceptors (Lipinski definition) is 4. The molecule has 1 aromatic heterocycles. The minimum absolute atomic E-state index is 0.287. The van der Waals surface area contributed by atoms with Crippen molar-refractivity contribution in [2.75, 3.05) is 0 Å². The van der Waals surface area contributed by atoms with Crippen LogP contribution in [0.25, 0.3) is 0 Å². The summed E-state index contributed by atoms with van der Waals surface area (Å²) in [5.41, 5.74) is 0.711. The maximum absolute atomic E-state index is 10.6. The Hall–Kier alpha value is -2.38. The van der Waals surface area contributed by atoms with Crippen LogP contribution in [0.1, 0.15) is 15.9 Å². The van der Waals surface area contributed by atoms with Crippen molar-refractivity contribution in [2.24, 2.45) is 0 Å². The summed E-state index contributed by atoms with van der Waals surface area (Å²) in [5, 5.41) is 9.34. The van der Waals surface area contributed by atoms with Gasteiger partial charge >= 0.3 is 0 Å². The lowest BCUT2D eigenvalue weighted by Crippen LogP contribution is -1.91. The van der Waals surface area contributed by atoms with Gasteiger partial charge < -0.3 is 4.74 Å². The molecule has 0 saturated heterocycles. The average molecular weight is 259 g/mol. The van der Waals surface area contributed by atoms with Crippen LogP contribution in [0.3, 0.4) is 0 Å². The highest BCUT2D eigenvalue weighted by molar-refractivity contribution is 6.29. The molecule has 0 bridgehead atoms. The number of aromatic nitrogens is 1. The monoisotopic (exact) mass is 258 g/mol. The number of pyridine rings is 1. The number of carbonyl (C=O) groups is 1. The molecule has 0 radical (unpaired) electrons. The molecule has 0 aliphatic rings. The van der Waals surface area contributed by atoms with Crippen molar-refractivity contribution in [3.8, 4) is 17.6 Å². The lowest BCUT2D eigenvalue weighted by Gasteiger charge is -2.07. The van der Waals surface area contributed by atoms with E-state index in [0.717, 1.165) is 0 Å². The van der Waals surface area contributed by atoms with Crippen LogP contribution in [-0.4, -0.2) is 11.3 Å². The SMILES string of the molecule is N#Cc1cc(C=O)ccc1Oc1ccc(Cl)nc1. The number of benzene rings is 1. The smallest absolute Gasteiger partial charge is 0.150 e. The minimum Gasteiger partial charge on any atom is -0.454 e. The highest BCUT2D eigenvalue weighted by Crippen LogP contribution is 2.25. The van der Waals surface area contributed by atoms with E-state index in [0.29, 0.717) is 28.5 Å². The Morgan fingerprint density at radius 1 is 1.33 bits per heavy atom. The topological polar surface area (TPSA) is 63.0 Å². The van der Waals surface area contributed by atoms with Crippen molar-refractivity contribution in [3.63, 3.8) is 0 Å². The highest BCUT2D eigenvalue weighted by atomic mass is 35.5. The lowest BCUT2D eigenvalue weighted by molar-refractivity contribution is 0.112. The van der Waals surface area contributed by atoms with E-state index in [2.05, 4.69) is 4.98 Å². The van der Waals surface area contributed by atoms with E-state index in [-0.39, 0.29) is 5.56 Å². The number of carbonyl (C=O) groups excluding carboxylic acids is 1. The van der Waals surface area contributed by atoms with Crippen molar-refractivity contribution < 1.29 is 9.53 Å². The Morgan fingerprint density at radius 3 is 2.78 bits per heavy atom. The molecule has 5 heteroatoms. The van der Waals surface area contributed by atoms with Crippen molar-refractivity contribution in [1.82, 2.24) is 4.98 Å². The zero-order valence-corrected chi connectivity index (χ0v) is 9.89. The van der Waals surface area contributed by atoms with Crippen LogP contribution >= 0.6 is 11.6 Å². The Bertz CT molecular complexity index is 618. The average Bonchev–Trinajstić information content (AvgIpc) is 2.41. The van der Waals surface area contributed by atoms with Crippen LogP contribution in [0.15, 0.2) is 36.5 Å². The van der Waals surface area contributed by atoms with Crippen LogP contribution in [0.2, 0.25) is 5.15 Å². The molecule has 1 heterocycles. The van der Waals surface area contributed by atoms with Gasteiger partial charge in [0.1, 0.15) is 29.0 Å². The molecular weight excluding hydrogens is 252 g/mol. The van der Waals surface area contributed by atoms with Crippen molar-refractivity contribution in [1.29, 1.82) is 5.26 Å². The van der Waals surface area contributed by atoms with Gasteiger partial charge in [-0.25, -0.2) is 4.98 Å². The number of hydrogen-bond donors (Lipinski definition) is 0. The molecule has 0 unspecified atom stereocenters. The first-order valence-corrected chi connectivity index (χ1v) is 5.39. The quantitative estimate of drug-likeness (QED) is 0.626. The maximum Gasteiger partial charge on any atom is 0.150 e. The standard InChI is InChI=1S/C13H7ClN2O2/c14-13-4-2-11(7-16-13)18-12-3-1-9(8-17)5-10(12)6-15/h1-5,7-8H. The fourth-order valence-electron chi connectivity index (χ4n) is 1.35. The van der Waals surface area contributed by atoms with Gasteiger partial charge in [-0.3, -0.25) is 4.79 Å². The van der Waals surface area contributed by atoms with Crippen molar-refractivity contribution >= 4 is 17.9 Å². The Morgan fingerprint density at radius 2 is 2.17 bits per heavy atom. The summed E-state index contributed by atoms with van der Waals surface area (Å²) in [6.07, 6.45) is 2.13. The molecule has 0 saturated carbocycles. The Kier molecular flexibility index (Phi) is 3.56. The van der Waals surface area contributed by atoms with E-state index in [1.807, 2.05) is 6.07 Å². The molecule has 0 aliphatic carbocycles. The molecule has 2 aromatic rings. The van der Waals surface area contributed by atoms with Crippen molar-refractivity contribution in [3.05, 3.63) is 52.8 Å². The van der Waals surface area contributed by atoms with Gasteiger partial charge in [-0.1, -0.05) is 11.6 Å². The number of nitriles is 1. The number of aldehydes is 1. The van der Waals surface area contributed by atoms with E-state index in [1.54, 1.807) is 24.3 Å². The third-order valence-electron chi connectivity index (χ3n) is 2.19. The molecule has 0 spiro atoms. The molecule has 0 atom stereocenters. The summed E-state index contributed by atoms with van der Waals surface area (Å²) >= 11 is 5.65. The lowest BCUT2D eigenvalue weighted by atomic mass is 10.1. The first-order chi connectivity index (χ1) is 8.72. The van der Waals surface area contributed by atoms with Gasteiger partial charge in [0.15, 0.2) is 0 Å². The molecule has 0 aliphatic heterocycles. The first-order valence-electron chi connectivity index (χ1n) is 5.01. The zero-order valence-electron chi connectivity index (χ0n) is 9.13. The number of ether oxygens (including phenoxy) is 1. The van der Waals surface area contributed by atoms with Gasteiger partial charge in [-0.2, -0.15) is 5.26 Å². The van der Waals surface area contributed by atoms with Crippen LogP contribution in [0.5, 0.6) is 11.5 Å². The second-order valence-corrected chi connectivity index (χ2v) is 3.79. The normalized spacial score (nSPS) is 9.56. The Labute approximate surface area is 108 Å². The van der Waals surface area contributed by atoms with E-state index < -0.39 is 0 Å². The van der Waals surface area contributed by atoms with Crippen molar-refractivity contribution in [2.45, 2.75) is 0 Å². The fourth-order valence-corrected chi connectivity index (χ4v) is 1.46. The number of halogens is 1. The first kappa shape index (κ1) is 12.1. The molecule has 2 rings (SSSR count). The number of nitrogens with zero attached hydrogens (tertiary/aromatic N) is 2. The second-order valence-electron chi connectivity index (χ2n) is 3.40. The molecule has 0 N–H and O–H groups in total. The van der Waals surface area contributed by atoms with Crippen LogP contribution in [0.4, 0.5) is 0 Å². The Balaban J connectivity index is 2.31. The molecule has 1 aromatic carbocycles. The van der Waals surface area contributed by atoms with Crippen LogP contribution < -0.4 is 4.74 Å². The summed E-state index contributed by atoms with van der Waals surface area (Å²) in [6, 6.07) is 9.81. The molecule has 0 fully saturated rings. The van der Waals surface area contributed by atoms with Crippen LogP contribution in [-0.2, 0) is 0 Å². The zero-order chi connectivity index (χ0) is 13.0. The van der Waals surface area contributed by atoms with Crippen LogP contribution in [0, 0.1) is 11.3 Å². The molecule has 18 heavy (non-hydrogen) atoms. The molecular formula is C13H7ClN2O2. The van der Waals surface area contributed by atoms with E-state index in [1.165, 1.54) is 12.3 Å². The second kappa shape index (κ2) is 5.30. The third kappa shape index (κ3) is 2.65. The fraction of sp³-hybridized carbons (Fsp3) is 0. The number of rotatable bonds is 3. The van der Waals surface area contributed by atoms with Gasteiger partial charge in [0, 0.05) is 5.56 Å². The van der Waals surface area contributed by atoms with Gasteiger partial charge in [0.05, 0.1) is 11.8 Å². The summed E-state index contributed by atoms with van der Waals surface area (Å²) in [6.45, 7) is 0. The summed E-state index contributed by atoms with van der Waals surface area (Å²) in [5.74, 6) is 0.835. The van der Waals surface area contributed by atoms with Gasteiger partial charge in [0.25, 0.3) is 0 Å².